The normalized spacial score (nSPS) is 10.5. The molecule has 4 rings (SSSR count). The number of nitrogens with one attached hydrogen (secondary N) is 1. The maximum Gasteiger partial charge on any atom is 0.413 e. The van der Waals surface area contributed by atoms with Gasteiger partial charge in [-0.1, -0.05) is 6.07 Å². The SMILES string of the molecule is COC(=O)Nc1nc(-c2ccc(C(=O)c3cc(OC)c(OC)c(OC)c3)c(-n3cncn3)c2)cs1. The van der Waals surface area contributed by atoms with Crippen molar-refractivity contribution in [1.82, 2.24) is 19.7 Å². The quantitative estimate of drug-likeness (QED) is 0.363. The fourth-order valence-corrected chi connectivity index (χ4v) is 4.08. The van der Waals surface area contributed by atoms with Crippen LogP contribution in [0.5, 0.6) is 17.2 Å². The Bertz CT molecular complexity index is 1340. The summed E-state index contributed by atoms with van der Waals surface area (Å²) in [5.41, 5.74) is 2.53. The number of benzene rings is 2. The van der Waals surface area contributed by atoms with Crippen LogP contribution >= 0.6 is 11.3 Å². The summed E-state index contributed by atoms with van der Waals surface area (Å²) in [6.07, 6.45) is 2.26. The predicted octanol–water partition coefficient (Wildman–Crippen LogP) is 3.83. The third kappa shape index (κ3) is 4.77. The highest BCUT2D eigenvalue weighted by Crippen LogP contribution is 2.39. The Morgan fingerprint density at radius 1 is 1.00 bits per heavy atom. The van der Waals surface area contributed by atoms with E-state index in [2.05, 4.69) is 25.1 Å². The largest absolute Gasteiger partial charge is 0.493 e. The average molecular weight is 496 g/mol. The number of anilines is 1. The van der Waals surface area contributed by atoms with Crippen molar-refractivity contribution in [3.63, 3.8) is 0 Å². The Morgan fingerprint density at radius 3 is 2.34 bits per heavy atom. The van der Waals surface area contributed by atoms with Crippen molar-refractivity contribution in [2.75, 3.05) is 33.8 Å². The van der Waals surface area contributed by atoms with Crippen molar-refractivity contribution >= 4 is 28.3 Å². The van der Waals surface area contributed by atoms with E-state index in [1.165, 1.54) is 57.1 Å². The predicted molar refractivity (Wildman–Crippen MR) is 128 cm³/mol. The van der Waals surface area contributed by atoms with Gasteiger partial charge in [-0.05, 0) is 24.3 Å². The molecule has 0 aliphatic rings. The summed E-state index contributed by atoms with van der Waals surface area (Å²) >= 11 is 1.25. The molecule has 2 heterocycles. The lowest BCUT2D eigenvalue weighted by Crippen LogP contribution is -2.10. The van der Waals surface area contributed by atoms with Crippen LogP contribution in [0.25, 0.3) is 16.9 Å². The number of nitrogens with zero attached hydrogens (tertiary/aromatic N) is 4. The third-order valence-corrected chi connectivity index (χ3v) is 5.79. The zero-order chi connectivity index (χ0) is 24.9. The number of rotatable bonds is 8. The standard InChI is InChI=1S/C23H21N5O6S/c1-31-18-8-14(9-19(32-2)21(18)33-3)20(29)15-6-5-13(7-17(15)28-12-24-11-25-28)16-10-35-22(26-16)27-23(30)34-4/h5-12H,1-4H3,(H,26,27,30). The minimum atomic E-state index is -0.611. The van der Waals surface area contributed by atoms with Crippen LogP contribution in [-0.4, -0.2) is 60.1 Å². The van der Waals surface area contributed by atoms with E-state index in [9.17, 15) is 9.59 Å². The van der Waals surface area contributed by atoms with Gasteiger partial charge < -0.3 is 18.9 Å². The first-order chi connectivity index (χ1) is 17.0. The molecule has 0 atom stereocenters. The Balaban J connectivity index is 1.78. The minimum absolute atomic E-state index is 0.285. The fraction of sp³-hybridized carbons (Fsp3) is 0.174. The molecule has 0 fully saturated rings. The first-order valence-corrected chi connectivity index (χ1v) is 11.0. The number of carbonyl (C=O) groups excluding carboxylic acids is 2. The van der Waals surface area contributed by atoms with E-state index >= 15 is 0 Å². The van der Waals surface area contributed by atoms with E-state index in [-0.39, 0.29) is 5.78 Å². The van der Waals surface area contributed by atoms with E-state index in [1.54, 1.807) is 35.7 Å². The Kier molecular flexibility index (Phi) is 6.92. The van der Waals surface area contributed by atoms with Gasteiger partial charge in [-0.3, -0.25) is 10.1 Å². The van der Waals surface area contributed by atoms with E-state index in [0.717, 1.165) is 0 Å². The monoisotopic (exact) mass is 495 g/mol. The van der Waals surface area contributed by atoms with Crippen LogP contribution in [-0.2, 0) is 4.74 Å². The molecule has 0 saturated heterocycles. The molecule has 0 unspecified atom stereocenters. The second-order valence-electron chi connectivity index (χ2n) is 6.97. The van der Waals surface area contributed by atoms with Crippen LogP contribution in [0.15, 0.2) is 48.4 Å². The van der Waals surface area contributed by atoms with Gasteiger partial charge in [-0.2, -0.15) is 5.10 Å². The molecule has 0 spiro atoms. The number of methoxy groups -OCH3 is 4. The lowest BCUT2D eigenvalue weighted by molar-refractivity contribution is 0.103. The average Bonchev–Trinajstić information content (AvgIpc) is 3.59. The molecule has 180 valence electrons. The smallest absolute Gasteiger partial charge is 0.413 e. The van der Waals surface area contributed by atoms with Gasteiger partial charge >= 0.3 is 6.09 Å². The lowest BCUT2D eigenvalue weighted by atomic mass is 9.98. The number of thiazole rings is 1. The van der Waals surface area contributed by atoms with Crippen molar-refractivity contribution in [2.45, 2.75) is 0 Å². The number of hydrogen-bond acceptors (Lipinski definition) is 10. The summed E-state index contributed by atoms with van der Waals surface area (Å²) < 4.78 is 22.2. The molecule has 1 N–H and O–H groups in total. The van der Waals surface area contributed by atoms with Gasteiger partial charge in [0.1, 0.15) is 12.7 Å². The van der Waals surface area contributed by atoms with Crippen molar-refractivity contribution in [1.29, 1.82) is 0 Å². The van der Waals surface area contributed by atoms with E-state index < -0.39 is 6.09 Å². The summed E-state index contributed by atoms with van der Waals surface area (Å²) in [6.45, 7) is 0. The van der Waals surface area contributed by atoms with Crippen molar-refractivity contribution in [3.8, 4) is 34.2 Å². The molecule has 4 aromatic rings. The first kappa shape index (κ1) is 23.7. The van der Waals surface area contributed by atoms with E-state index in [0.29, 0.717) is 50.5 Å². The summed E-state index contributed by atoms with van der Waals surface area (Å²) in [5.74, 6) is 0.829. The lowest BCUT2D eigenvalue weighted by Gasteiger charge is -2.15. The van der Waals surface area contributed by atoms with Gasteiger partial charge in [-0.25, -0.2) is 19.4 Å². The number of amides is 1. The Morgan fingerprint density at radius 2 is 1.74 bits per heavy atom. The second kappa shape index (κ2) is 10.2. The number of hydrogen-bond donors (Lipinski definition) is 1. The van der Waals surface area contributed by atoms with Crippen molar-refractivity contribution < 1.29 is 28.5 Å². The first-order valence-electron chi connectivity index (χ1n) is 10.1. The van der Waals surface area contributed by atoms with E-state index in [4.69, 9.17) is 14.2 Å². The van der Waals surface area contributed by atoms with Gasteiger partial charge in [-0.15, -0.1) is 11.3 Å². The van der Waals surface area contributed by atoms with Crippen LogP contribution in [0, 0.1) is 0 Å². The van der Waals surface area contributed by atoms with Crippen LogP contribution in [0.1, 0.15) is 15.9 Å². The summed E-state index contributed by atoms with van der Waals surface area (Å²) in [4.78, 5) is 33.5. The zero-order valence-electron chi connectivity index (χ0n) is 19.3. The summed E-state index contributed by atoms with van der Waals surface area (Å²) in [5, 5.41) is 8.90. The highest BCUT2D eigenvalue weighted by molar-refractivity contribution is 7.14. The summed E-state index contributed by atoms with van der Waals surface area (Å²) in [6, 6.07) is 8.41. The number of carbonyl (C=O) groups is 2. The number of aromatic nitrogens is 4. The number of ketones is 1. The molecule has 0 saturated carbocycles. The topological polar surface area (TPSA) is 127 Å². The van der Waals surface area contributed by atoms with Crippen molar-refractivity contribution in [2.24, 2.45) is 0 Å². The molecular weight excluding hydrogens is 474 g/mol. The molecule has 0 bridgehead atoms. The highest BCUT2D eigenvalue weighted by atomic mass is 32.1. The third-order valence-electron chi connectivity index (χ3n) is 5.03. The molecule has 0 aliphatic carbocycles. The van der Waals surface area contributed by atoms with Crippen molar-refractivity contribution in [3.05, 3.63) is 59.5 Å². The number of ether oxygens (including phenoxy) is 4. The second-order valence-corrected chi connectivity index (χ2v) is 7.83. The van der Waals surface area contributed by atoms with Gasteiger partial charge in [0.05, 0.1) is 39.8 Å². The van der Waals surface area contributed by atoms with E-state index in [1.807, 2.05) is 0 Å². The zero-order valence-corrected chi connectivity index (χ0v) is 20.1. The molecule has 0 aliphatic heterocycles. The molecule has 2 aromatic carbocycles. The molecule has 35 heavy (non-hydrogen) atoms. The van der Waals surface area contributed by atoms with Crippen LogP contribution in [0.2, 0.25) is 0 Å². The Labute approximate surface area is 204 Å². The molecule has 12 heteroatoms. The Hall–Kier alpha value is -4.45. The molecule has 1 amide bonds. The molecule has 11 nitrogen and oxygen atoms in total. The summed E-state index contributed by atoms with van der Waals surface area (Å²) in [7, 11) is 5.74. The van der Waals surface area contributed by atoms with Gasteiger partial charge in [0.25, 0.3) is 0 Å². The maximum atomic E-state index is 13.6. The van der Waals surface area contributed by atoms with Crippen LogP contribution in [0.4, 0.5) is 9.93 Å². The minimum Gasteiger partial charge on any atom is -0.493 e. The van der Waals surface area contributed by atoms with Gasteiger partial charge in [0.15, 0.2) is 22.4 Å². The maximum absolute atomic E-state index is 13.6. The van der Waals surface area contributed by atoms with Crippen LogP contribution < -0.4 is 19.5 Å². The molecule has 2 aromatic heterocycles. The fourth-order valence-electron chi connectivity index (χ4n) is 3.37. The van der Waals surface area contributed by atoms with Gasteiger partial charge in [0, 0.05) is 22.1 Å². The highest BCUT2D eigenvalue weighted by Gasteiger charge is 2.22. The molecule has 0 radical (unpaired) electrons. The van der Waals surface area contributed by atoms with Gasteiger partial charge in [0.2, 0.25) is 5.75 Å². The molecular formula is C23H21N5O6S. The van der Waals surface area contributed by atoms with Crippen LogP contribution in [0.3, 0.4) is 0 Å².